The zero-order chi connectivity index (χ0) is 11.3. The van der Waals surface area contributed by atoms with Crippen molar-refractivity contribution >= 4 is 6.03 Å². The third-order valence-electron chi connectivity index (χ3n) is 2.15. The van der Waals surface area contributed by atoms with Gasteiger partial charge >= 0.3 is 6.03 Å². The Morgan fingerprint density at radius 3 is 2.87 bits per heavy atom. The number of halogens is 2. The Balaban J connectivity index is 2.04. The van der Waals surface area contributed by atoms with Crippen LogP contribution in [-0.4, -0.2) is 61.3 Å². The van der Waals surface area contributed by atoms with E-state index >= 15 is 0 Å². The molecule has 15 heavy (non-hydrogen) atoms. The molecule has 0 spiro atoms. The molecule has 88 valence electrons. The Kier molecular flexibility index (Phi) is 4.70. The van der Waals surface area contributed by atoms with Crippen LogP contribution in [0.3, 0.4) is 0 Å². The van der Waals surface area contributed by atoms with Crippen molar-refractivity contribution in [3.05, 3.63) is 0 Å². The summed E-state index contributed by atoms with van der Waals surface area (Å²) in [5.41, 5.74) is 0. The minimum absolute atomic E-state index is 0.133. The summed E-state index contributed by atoms with van der Waals surface area (Å²) < 4.78 is 23.7. The van der Waals surface area contributed by atoms with E-state index in [0.717, 1.165) is 0 Å². The van der Waals surface area contributed by atoms with Gasteiger partial charge in [-0.25, -0.2) is 13.6 Å². The molecule has 0 aromatic heterocycles. The molecule has 2 amide bonds. The molecule has 0 aromatic rings. The molecule has 1 atom stereocenters. The standard InChI is InChI=1S/C8H15F2N3O2/c9-7(10)6(14)5-11-1-3-13-4-2-12-8(13)15/h6-7,11,14H,1-5H2,(H,12,15). The van der Waals surface area contributed by atoms with E-state index in [4.69, 9.17) is 5.11 Å². The third-order valence-corrected chi connectivity index (χ3v) is 2.15. The second-order valence-electron chi connectivity index (χ2n) is 3.32. The summed E-state index contributed by atoms with van der Waals surface area (Å²) in [4.78, 5) is 12.6. The van der Waals surface area contributed by atoms with Crippen molar-refractivity contribution in [3.8, 4) is 0 Å². The fraction of sp³-hybridized carbons (Fsp3) is 0.875. The average molecular weight is 223 g/mol. The Hall–Kier alpha value is -0.950. The van der Waals surface area contributed by atoms with E-state index < -0.39 is 12.5 Å². The van der Waals surface area contributed by atoms with Crippen molar-refractivity contribution in [2.75, 3.05) is 32.7 Å². The number of hydrogen-bond donors (Lipinski definition) is 3. The lowest BCUT2D eigenvalue weighted by atomic mass is 10.3. The van der Waals surface area contributed by atoms with Gasteiger partial charge in [-0.05, 0) is 0 Å². The number of alkyl halides is 2. The largest absolute Gasteiger partial charge is 0.386 e. The maximum atomic E-state index is 11.9. The van der Waals surface area contributed by atoms with Crippen LogP contribution < -0.4 is 10.6 Å². The highest BCUT2D eigenvalue weighted by Gasteiger charge is 2.19. The molecule has 0 saturated carbocycles. The third kappa shape index (κ3) is 3.96. The molecule has 1 aliphatic heterocycles. The van der Waals surface area contributed by atoms with Gasteiger partial charge in [-0.2, -0.15) is 0 Å². The van der Waals surface area contributed by atoms with Crippen molar-refractivity contribution in [2.24, 2.45) is 0 Å². The van der Waals surface area contributed by atoms with Gasteiger partial charge in [-0.1, -0.05) is 0 Å². The predicted octanol–water partition coefficient (Wildman–Crippen LogP) is -0.773. The number of aliphatic hydroxyl groups excluding tert-OH is 1. The summed E-state index contributed by atoms with van der Waals surface area (Å²) >= 11 is 0. The van der Waals surface area contributed by atoms with Crippen molar-refractivity contribution < 1.29 is 18.7 Å². The molecule has 1 heterocycles. The Morgan fingerprint density at radius 1 is 1.60 bits per heavy atom. The molecule has 0 aromatic carbocycles. The van der Waals surface area contributed by atoms with Crippen LogP contribution in [0.2, 0.25) is 0 Å². The first kappa shape index (κ1) is 12.1. The number of nitrogens with zero attached hydrogens (tertiary/aromatic N) is 1. The van der Waals surface area contributed by atoms with Gasteiger partial charge in [0.2, 0.25) is 0 Å². The Labute approximate surface area is 86.4 Å². The highest BCUT2D eigenvalue weighted by atomic mass is 19.3. The lowest BCUT2D eigenvalue weighted by Crippen LogP contribution is -2.38. The van der Waals surface area contributed by atoms with Gasteiger partial charge in [0, 0.05) is 32.7 Å². The van der Waals surface area contributed by atoms with Gasteiger partial charge in [0.05, 0.1) is 0 Å². The molecular formula is C8H15F2N3O2. The van der Waals surface area contributed by atoms with Gasteiger partial charge in [-0.15, -0.1) is 0 Å². The molecule has 1 aliphatic rings. The zero-order valence-electron chi connectivity index (χ0n) is 8.25. The normalized spacial score (nSPS) is 18.4. The molecule has 1 saturated heterocycles. The number of amides is 2. The minimum Gasteiger partial charge on any atom is -0.386 e. The summed E-state index contributed by atoms with van der Waals surface area (Å²) in [7, 11) is 0. The van der Waals surface area contributed by atoms with Crippen LogP contribution in [0.1, 0.15) is 0 Å². The fourth-order valence-electron chi connectivity index (χ4n) is 1.28. The number of rotatable bonds is 6. The van der Waals surface area contributed by atoms with Crippen LogP contribution >= 0.6 is 0 Å². The Bertz CT molecular complexity index is 216. The average Bonchev–Trinajstić information content (AvgIpc) is 2.58. The quantitative estimate of drug-likeness (QED) is 0.518. The highest BCUT2D eigenvalue weighted by Crippen LogP contribution is 1.98. The maximum absolute atomic E-state index is 11.9. The number of carbonyl (C=O) groups excluding carboxylic acids is 1. The van der Waals surface area contributed by atoms with Gasteiger partial charge in [-0.3, -0.25) is 0 Å². The molecule has 0 aliphatic carbocycles. The van der Waals surface area contributed by atoms with Crippen molar-refractivity contribution in [1.29, 1.82) is 0 Å². The van der Waals surface area contributed by atoms with Crippen LogP contribution in [0.15, 0.2) is 0 Å². The van der Waals surface area contributed by atoms with Crippen molar-refractivity contribution in [3.63, 3.8) is 0 Å². The SMILES string of the molecule is O=C1NCCN1CCNCC(O)C(F)F. The van der Waals surface area contributed by atoms with E-state index in [2.05, 4.69) is 10.6 Å². The number of hydrogen-bond acceptors (Lipinski definition) is 3. The first-order valence-electron chi connectivity index (χ1n) is 4.81. The lowest BCUT2D eigenvalue weighted by molar-refractivity contribution is -0.00325. The highest BCUT2D eigenvalue weighted by molar-refractivity contribution is 5.76. The first-order chi connectivity index (χ1) is 7.11. The van der Waals surface area contributed by atoms with E-state index in [1.54, 1.807) is 4.90 Å². The predicted molar refractivity (Wildman–Crippen MR) is 49.9 cm³/mol. The van der Waals surface area contributed by atoms with Gasteiger partial charge in [0.15, 0.2) is 0 Å². The smallest absolute Gasteiger partial charge is 0.317 e. The molecule has 7 heteroatoms. The van der Waals surface area contributed by atoms with Gasteiger partial charge in [0.25, 0.3) is 6.43 Å². The number of nitrogens with one attached hydrogen (secondary N) is 2. The molecule has 3 N–H and O–H groups in total. The first-order valence-corrected chi connectivity index (χ1v) is 4.81. The topological polar surface area (TPSA) is 64.6 Å². The summed E-state index contributed by atoms with van der Waals surface area (Å²) in [5, 5.41) is 14.1. The van der Waals surface area contributed by atoms with E-state index in [0.29, 0.717) is 26.2 Å². The monoisotopic (exact) mass is 223 g/mol. The van der Waals surface area contributed by atoms with E-state index in [9.17, 15) is 13.6 Å². The van der Waals surface area contributed by atoms with Crippen LogP contribution in [0.4, 0.5) is 13.6 Å². The second kappa shape index (κ2) is 5.82. The fourth-order valence-corrected chi connectivity index (χ4v) is 1.28. The van der Waals surface area contributed by atoms with Crippen LogP contribution in [0.25, 0.3) is 0 Å². The van der Waals surface area contributed by atoms with Crippen LogP contribution in [-0.2, 0) is 0 Å². The summed E-state index contributed by atoms with van der Waals surface area (Å²) in [6, 6.07) is -0.133. The van der Waals surface area contributed by atoms with Crippen molar-refractivity contribution in [1.82, 2.24) is 15.5 Å². The molecule has 1 fully saturated rings. The number of urea groups is 1. The molecule has 0 radical (unpaired) electrons. The summed E-state index contributed by atoms with van der Waals surface area (Å²) in [6.45, 7) is 1.96. The lowest BCUT2D eigenvalue weighted by Gasteiger charge is -2.15. The molecule has 1 unspecified atom stereocenters. The van der Waals surface area contributed by atoms with E-state index in [-0.39, 0.29) is 12.6 Å². The molecule has 0 bridgehead atoms. The van der Waals surface area contributed by atoms with Crippen LogP contribution in [0, 0.1) is 0 Å². The molecular weight excluding hydrogens is 208 g/mol. The van der Waals surface area contributed by atoms with E-state index in [1.807, 2.05) is 0 Å². The molecule has 5 nitrogen and oxygen atoms in total. The van der Waals surface area contributed by atoms with Crippen molar-refractivity contribution in [2.45, 2.75) is 12.5 Å². The summed E-state index contributed by atoms with van der Waals surface area (Å²) in [5.74, 6) is 0. The minimum atomic E-state index is -2.73. The number of carbonyl (C=O) groups is 1. The second-order valence-corrected chi connectivity index (χ2v) is 3.32. The zero-order valence-corrected chi connectivity index (χ0v) is 8.25. The van der Waals surface area contributed by atoms with Gasteiger partial charge in [0.1, 0.15) is 6.10 Å². The molecule has 1 rings (SSSR count). The van der Waals surface area contributed by atoms with E-state index in [1.165, 1.54) is 0 Å². The number of aliphatic hydroxyl groups is 1. The maximum Gasteiger partial charge on any atom is 0.317 e. The van der Waals surface area contributed by atoms with Crippen LogP contribution in [0.5, 0.6) is 0 Å². The van der Waals surface area contributed by atoms with Gasteiger partial charge < -0.3 is 20.6 Å². The summed E-state index contributed by atoms with van der Waals surface area (Å²) in [6.07, 6.45) is -4.37. The Morgan fingerprint density at radius 2 is 2.33 bits per heavy atom.